The van der Waals surface area contributed by atoms with Crippen LogP contribution in [0.25, 0.3) is 0 Å². The summed E-state index contributed by atoms with van der Waals surface area (Å²) < 4.78 is 0. The Kier molecular flexibility index (Phi) is 8.53. The summed E-state index contributed by atoms with van der Waals surface area (Å²) in [5.74, 6) is -0.284. The Hall–Kier alpha value is -1.30. The zero-order valence-corrected chi connectivity index (χ0v) is 15.5. The molecule has 1 fully saturated rings. The van der Waals surface area contributed by atoms with Gasteiger partial charge in [-0.3, -0.25) is 9.59 Å². The van der Waals surface area contributed by atoms with Gasteiger partial charge in [-0.2, -0.15) is 0 Å². The molecular weight excluding hydrogens is 349 g/mol. The molecular formula is C17H25Cl2N3O2. The minimum Gasteiger partial charge on any atom is -0.339 e. The number of nitrogens with one attached hydrogen (secondary N) is 1. The molecule has 2 amide bonds. The van der Waals surface area contributed by atoms with Gasteiger partial charge in [0, 0.05) is 18.8 Å². The number of carbonyl (C=O) groups excluding carboxylic acids is 2. The van der Waals surface area contributed by atoms with E-state index in [0.717, 1.165) is 32.4 Å². The van der Waals surface area contributed by atoms with Gasteiger partial charge < -0.3 is 16.0 Å². The molecule has 1 aromatic carbocycles. The third kappa shape index (κ3) is 5.36. The third-order valence-corrected chi connectivity index (χ3v) is 4.36. The Morgan fingerprint density at radius 2 is 1.96 bits per heavy atom. The molecule has 0 saturated carbocycles. The maximum atomic E-state index is 12.5. The Bertz CT molecular complexity index is 575. The van der Waals surface area contributed by atoms with Crippen molar-refractivity contribution in [3.8, 4) is 0 Å². The monoisotopic (exact) mass is 373 g/mol. The van der Waals surface area contributed by atoms with Crippen LogP contribution >= 0.6 is 24.0 Å². The van der Waals surface area contributed by atoms with Crippen LogP contribution in [0, 0.1) is 0 Å². The van der Waals surface area contributed by atoms with Gasteiger partial charge in [-0.05, 0) is 43.9 Å². The van der Waals surface area contributed by atoms with E-state index in [1.54, 1.807) is 18.2 Å². The Morgan fingerprint density at radius 1 is 1.29 bits per heavy atom. The maximum absolute atomic E-state index is 12.5. The molecule has 5 nitrogen and oxygen atoms in total. The number of nitrogens with zero attached hydrogens (tertiary/aromatic N) is 1. The predicted molar refractivity (Wildman–Crippen MR) is 100.0 cm³/mol. The number of nitrogens with two attached hydrogens (primary N) is 1. The van der Waals surface area contributed by atoms with Crippen molar-refractivity contribution in [2.45, 2.75) is 45.1 Å². The molecule has 1 saturated heterocycles. The van der Waals surface area contributed by atoms with Gasteiger partial charge in [-0.25, -0.2) is 0 Å². The van der Waals surface area contributed by atoms with Gasteiger partial charge >= 0.3 is 0 Å². The van der Waals surface area contributed by atoms with E-state index in [-0.39, 0.29) is 24.2 Å². The smallest absolute Gasteiger partial charge is 0.255 e. The highest BCUT2D eigenvalue weighted by Crippen LogP contribution is 2.24. The first-order valence-electron chi connectivity index (χ1n) is 8.18. The molecule has 1 aliphatic heterocycles. The van der Waals surface area contributed by atoms with E-state index >= 15 is 0 Å². The first-order chi connectivity index (χ1) is 11.0. The van der Waals surface area contributed by atoms with Crippen LogP contribution in [0.4, 0.5) is 5.69 Å². The first-order valence-corrected chi connectivity index (χ1v) is 8.56. The Morgan fingerprint density at radius 3 is 2.54 bits per heavy atom. The van der Waals surface area contributed by atoms with E-state index in [2.05, 4.69) is 5.32 Å². The zero-order valence-electron chi connectivity index (χ0n) is 13.9. The molecule has 0 aliphatic carbocycles. The quantitative estimate of drug-likeness (QED) is 0.829. The summed E-state index contributed by atoms with van der Waals surface area (Å²) in [6.45, 7) is 3.53. The Labute approximate surface area is 154 Å². The zero-order chi connectivity index (χ0) is 16.8. The molecule has 1 aromatic rings. The fraction of sp³-hybridized carbons (Fsp3) is 0.529. The van der Waals surface area contributed by atoms with Crippen LogP contribution in [0.2, 0.25) is 5.02 Å². The van der Waals surface area contributed by atoms with Crippen LogP contribution in [0.1, 0.15) is 49.4 Å². The van der Waals surface area contributed by atoms with E-state index in [0.29, 0.717) is 22.7 Å². The molecule has 3 N–H and O–H groups in total. The number of amides is 2. The van der Waals surface area contributed by atoms with E-state index in [4.69, 9.17) is 17.3 Å². The molecule has 1 heterocycles. The summed E-state index contributed by atoms with van der Waals surface area (Å²) in [4.78, 5) is 26.2. The second kappa shape index (κ2) is 9.87. The average Bonchev–Trinajstić information content (AvgIpc) is 2.55. The molecule has 1 atom stereocenters. The van der Waals surface area contributed by atoms with Crippen LogP contribution in [0.5, 0.6) is 0 Å². The minimum absolute atomic E-state index is 0. The van der Waals surface area contributed by atoms with Crippen molar-refractivity contribution in [2.24, 2.45) is 5.73 Å². The second-order valence-corrected chi connectivity index (χ2v) is 6.34. The normalized spacial score (nSPS) is 15.4. The van der Waals surface area contributed by atoms with Crippen molar-refractivity contribution in [1.29, 1.82) is 0 Å². The lowest BCUT2D eigenvalue weighted by molar-refractivity contribution is -0.117. The summed E-state index contributed by atoms with van der Waals surface area (Å²) in [6.07, 6.45) is 4.71. The highest BCUT2D eigenvalue weighted by atomic mass is 35.5. The Balaban J connectivity index is 0.00000288. The van der Waals surface area contributed by atoms with Gasteiger partial charge in [0.15, 0.2) is 0 Å². The van der Waals surface area contributed by atoms with Crippen molar-refractivity contribution in [3.63, 3.8) is 0 Å². The number of carbonyl (C=O) groups is 2. The van der Waals surface area contributed by atoms with Crippen molar-refractivity contribution >= 4 is 41.5 Å². The first kappa shape index (κ1) is 20.7. The third-order valence-electron chi connectivity index (χ3n) is 4.05. The number of hydrogen-bond acceptors (Lipinski definition) is 3. The van der Waals surface area contributed by atoms with E-state index in [9.17, 15) is 9.59 Å². The van der Waals surface area contributed by atoms with Gasteiger partial charge in [0.25, 0.3) is 5.91 Å². The lowest BCUT2D eigenvalue weighted by Crippen LogP contribution is -2.36. The largest absolute Gasteiger partial charge is 0.339 e. The molecule has 1 aliphatic rings. The summed E-state index contributed by atoms with van der Waals surface area (Å²) >= 11 is 6.24. The van der Waals surface area contributed by atoms with Gasteiger partial charge in [0.05, 0.1) is 16.6 Å². The van der Waals surface area contributed by atoms with Crippen molar-refractivity contribution < 1.29 is 9.59 Å². The van der Waals surface area contributed by atoms with Gasteiger partial charge in [-0.15, -0.1) is 12.4 Å². The van der Waals surface area contributed by atoms with Gasteiger partial charge in [0.1, 0.15) is 0 Å². The van der Waals surface area contributed by atoms with Crippen LogP contribution in [-0.2, 0) is 4.79 Å². The van der Waals surface area contributed by atoms with Crippen LogP contribution < -0.4 is 11.1 Å². The molecule has 134 valence electrons. The fourth-order valence-corrected chi connectivity index (χ4v) is 2.97. The molecule has 0 radical (unpaired) electrons. The number of hydrogen-bond donors (Lipinski definition) is 2. The lowest BCUT2D eigenvalue weighted by atomic mass is 10.1. The maximum Gasteiger partial charge on any atom is 0.255 e. The SMILES string of the molecule is CCCC(N)C(=O)Nc1ccc(C(=O)N2CCCCC2)c(Cl)c1.Cl. The van der Waals surface area contributed by atoms with E-state index in [1.807, 2.05) is 11.8 Å². The molecule has 0 spiro atoms. The molecule has 0 aromatic heterocycles. The van der Waals surface area contributed by atoms with Gasteiger partial charge in [-0.1, -0.05) is 24.9 Å². The number of halogens is 2. The van der Waals surface area contributed by atoms with Crippen molar-refractivity contribution in [3.05, 3.63) is 28.8 Å². The molecule has 0 bridgehead atoms. The molecule has 1 unspecified atom stereocenters. The van der Waals surface area contributed by atoms with E-state index < -0.39 is 6.04 Å². The van der Waals surface area contributed by atoms with Crippen LogP contribution in [0.15, 0.2) is 18.2 Å². The minimum atomic E-state index is -0.534. The predicted octanol–water partition coefficient (Wildman–Crippen LogP) is 3.45. The number of rotatable bonds is 5. The summed E-state index contributed by atoms with van der Waals surface area (Å²) in [6, 6.07) is 4.43. The van der Waals surface area contributed by atoms with Crippen molar-refractivity contribution in [1.82, 2.24) is 4.90 Å². The van der Waals surface area contributed by atoms with Crippen LogP contribution in [0.3, 0.4) is 0 Å². The topological polar surface area (TPSA) is 75.4 Å². The van der Waals surface area contributed by atoms with Crippen molar-refractivity contribution in [2.75, 3.05) is 18.4 Å². The van der Waals surface area contributed by atoms with Gasteiger partial charge in [0.2, 0.25) is 5.91 Å². The van der Waals surface area contributed by atoms with Crippen LogP contribution in [-0.4, -0.2) is 35.8 Å². The summed E-state index contributed by atoms with van der Waals surface area (Å²) in [5.41, 5.74) is 6.82. The number of likely N-dealkylation sites (tertiary alicyclic amines) is 1. The number of piperidine rings is 1. The highest BCUT2D eigenvalue weighted by Gasteiger charge is 2.21. The molecule has 7 heteroatoms. The molecule has 2 rings (SSSR count). The standard InChI is InChI=1S/C17H24ClN3O2.ClH/c1-2-6-15(19)16(22)20-12-7-8-13(14(18)11-12)17(23)21-9-4-3-5-10-21;/h7-8,11,15H,2-6,9-10,19H2,1H3,(H,20,22);1H. The number of anilines is 1. The number of benzene rings is 1. The second-order valence-electron chi connectivity index (χ2n) is 5.93. The highest BCUT2D eigenvalue weighted by molar-refractivity contribution is 6.34. The summed E-state index contributed by atoms with van der Waals surface area (Å²) in [5, 5.41) is 3.09. The fourth-order valence-electron chi connectivity index (χ4n) is 2.71. The van der Waals surface area contributed by atoms with E-state index in [1.165, 1.54) is 6.42 Å². The molecule has 24 heavy (non-hydrogen) atoms. The lowest BCUT2D eigenvalue weighted by Gasteiger charge is -2.27. The average molecular weight is 374 g/mol. The summed E-state index contributed by atoms with van der Waals surface area (Å²) in [7, 11) is 0.